The number of aliphatic hydroxyl groups excluding tert-OH is 1. The molecular weight excluding hydrogens is 510 g/mol. The maximum atomic E-state index is 14.8. The Morgan fingerprint density at radius 3 is 2.59 bits per heavy atom. The van der Waals surface area contributed by atoms with Crippen molar-refractivity contribution in [1.82, 2.24) is 15.2 Å². The Labute approximate surface area is 230 Å². The third-order valence-electron chi connectivity index (χ3n) is 7.19. The number of alkyl halides is 3. The number of hydrogen-bond acceptors (Lipinski definition) is 5. The number of ether oxygens (including phenoxy) is 1. The largest absolute Gasteiger partial charge is 0.477 e. The molecule has 1 fully saturated rings. The van der Waals surface area contributed by atoms with Crippen molar-refractivity contribution in [3.8, 4) is 17.0 Å². The van der Waals surface area contributed by atoms with Crippen molar-refractivity contribution in [2.45, 2.75) is 83.5 Å². The van der Waals surface area contributed by atoms with E-state index in [4.69, 9.17) is 4.74 Å². The molecule has 1 unspecified atom stereocenters. The molecule has 2 heterocycles. The number of likely N-dealkylation sites (tertiary alicyclic amines) is 1. The van der Waals surface area contributed by atoms with Crippen molar-refractivity contribution >= 4 is 0 Å². The van der Waals surface area contributed by atoms with Crippen LogP contribution in [0, 0.1) is 11.7 Å². The molecule has 0 spiro atoms. The topological polar surface area (TPSA) is 57.6 Å². The van der Waals surface area contributed by atoms with Crippen LogP contribution in [-0.2, 0) is 6.54 Å². The fourth-order valence-electron chi connectivity index (χ4n) is 5.01. The van der Waals surface area contributed by atoms with Crippen LogP contribution < -0.4 is 10.1 Å². The monoisotopic (exact) mass is 553 g/mol. The molecule has 1 saturated heterocycles. The lowest BCUT2D eigenvalue weighted by Crippen LogP contribution is -2.22. The van der Waals surface area contributed by atoms with Crippen molar-refractivity contribution in [3.05, 3.63) is 47.9 Å². The molecule has 1 aromatic carbocycles. The molecule has 2 atom stereocenters. The molecule has 2 aromatic rings. The van der Waals surface area contributed by atoms with Crippen molar-refractivity contribution in [2.75, 3.05) is 32.8 Å². The molecule has 1 aliphatic heterocycles. The van der Waals surface area contributed by atoms with Crippen LogP contribution in [0.5, 0.6) is 5.88 Å². The van der Waals surface area contributed by atoms with Gasteiger partial charge in [-0.3, -0.25) is 4.90 Å². The van der Waals surface area contributed by atoms with Crippen LogP contribution in [0.2, 0.25) is 0 Å². The molecule has 1 aromatic heterocycles. The van der Waals surface area contributed by atoms with Crippen LogP contribution in [0.1, 0.15) is 70.3 Å². The third-order valence-corrected chi connectivity index (χ3v) is 7.19. The van der Waals surface area contributed by atoms with Gasteiger partial charge in [0.05, 0.1) is 12.7 Å². The van der Waals surface area contributed by atoms with E-state index in [1.165, 1.54) is 0 Å². The number of rotatable bonds is 17. The first-order valence-electron chi connectivity index (χ1n) is 14.3. The summed E-state index contributed by atoms with van der Waals surface area (Å²) in [4.78, 5) is 6.52. The lowest BCUT2D eigenvalue weighted by Gasteiger charge is -2.17. The first-order chi connectivity index (χ1) is 18.7. The highest BCUT2D eigenvalue weighted by atomic mass is 19.4. The average molecular weight is 554 g/mol. The quantitative estimate of drug-likeness (QED) is 0.168. The van der Waals surface area contributed by atoms with Gasteiger partial charge in [0, 0.05) is 49.4 Å². The van der Waals surface area contributed by atoms with Gasteiger partial charge < -0.3 is 15.2 Å². The maximum absolute atomic E-state index is 14.8. The number of pyridine rings is 1. The number of β-amino-alcohol motifs (C(OH)–C–C–N with tert-alkyl or cyclic N) is 1. The molecule has 5 nitrogen and oxygen atoms in total. The fraction of sp³-hybridized carbons (Fsp3) is 0.633. The summed E-state index contributed by atoms with van der Waals surface area (Å²) in [7, 11) is 0. The summed E-state index contributed by atoms with van der Waals surface area (Å²) >= 11 is 0. The molecule has 39 heavy (non-hydrogen) atoms. The number of nitrogens with zero attached hydrogens (tertiary/aromatic N) is 2. The number of aliphatic hydroxyl groups is 1. The van der Waals surface area contributed by atoms with E-state index in [0.29, 0.717) is 49.0 Å². The first kappa shape index (κ1) is 31.3. The van der Waals surface area contributed by atoms with Crippen molar-refractivity contribution in [1.29, 1.82) is 0 Å². The molecule has 3 rings (SSSR count). The normalized spacial score (nSPS) is 17.0. The SMILES string of the molecule is CCCC(CCNCCCCCCC(F)(F)F)COc1ccc(-c2ccc(CN3CC[C@H](O)C3)cc2F)cn1. The van der Waals surface area contributed by atoms with Gasteiger partial charge in [0.25, 0.3) is 0 Å². The second kappa shape index (κ2) is 16.1. The highest BCUT2D eigenvalue weighted by Crippen LogP contribution is 2.26. The predicted molar refractivity (Wildman–Crippen MR) is 146 cm³/mol. The van der Waals surface area contributed by atoms with Gasteiger partial charge in [0.1, 0.15) is 5.82 Å². The number of benzene rings is 1. The number of unbranched alkanes of at least 4 members (excludes halogenated alkanes) is 3. The first-order valence-corrected chi connectivity index (χ1v) is 14.3. The van der Waals surface area contributed by atoms with Crippen LogP contribution in [0.4, 0.5) is 17.6 Å². The van der Waals surface area contributed by atoms with Gasteiger partial charge in [-0.05, 0) is 68.8 Å². The number of nitrogens with one attached hydrogen (secondary N) is 1. The summed E-state index contributed by atoms with van der Waals surface area (Å²) in [5, 5.41) is 13.1. The number of hydrogen-bond donors (Lipinski definition) is 2. The second-order valence-electron chi connectivity index (χ2n) is 10.7. The van der Waals surface area contributed by atoms with Gasteiger partial charge in [0.2, 0.25) is 5.88 Å². The summed E-state index contributed by atoms with van der Waals surface area (Å²) in [6.45, 7) is 6.42. The zero-order valence-corrected chi connectivity index (χ0v) is 23.0. The molecule has 0 amide bonds. The summed E-state index contributed by atoms with van der Waals surface area (Å²) in [5.74, 6) is 0.591. The van der Waals surface area contributed by atoms with E-state index in [2.05, 4.69) is 22.1 Å². The Kier molecular flexibility index (Phi) is 12.9. The van der Waals surface area contributed by atoms with Crippen LogP contribution in [0.3, 0.4) is 0 Å². The van der Waals surface area contributed by atoms with E-state index in [1.54, 1.807) is 24.4 Å². The molecule has 0 saturated carbocycles. The lowest BCUT2D eigenvalue weighted by atomic mass is 10.0. The third kappa shape index (κ3) is 11.8. The molecule has 0 aliphatic carbocycles. The van der Waals surface area contributed by atoms with Crippen LogP contribution in [0.25, 0.3) is 11.1 Å². The van der Waals surface area contributed by atoms with E-state index in [-0.39, 0.29) is 18.3 Å². The van der Waals surface area contributed by atoms with Crippen LogP contribution in [0.15, 0.2) is 36.5 Å². The maximum Gasteiger partial charge on any atom is 0.389 e. The Morgan fingerprint density at radius 2 is 1.92 bits per heavy atom. The highest BCUT2D eigenvalue weighted by molar-refractivity contribution is 5.63. The standard InChI is InChI=1S/C30H43F4N3O2/c1-2-7-23(12-16-35-15-6-4-3-5-14-30(32,33)34)22-39-29-11-9-25(19-36-29)27-10-8-24(18-28(27)31)20-37-17-13-26(38)21-37/h8-11,18-19,23,26,35,38H,2-7,12-17,20-22H2,1H3/t23?,26-/m0/s1. The number of halogens is 4. The molecule has 0 bridgehead atoms. The van der Waals surface area contributed by atoms with E-state index in [1.807, 2.05) is 12.1 Å². The van der Waals surface area contributed by atoms with E-state index in [0.717, 1.165) is 63.7 Å². The fourth-order valence-corrected chi connectivity index (χ4v) is 5.01. The van der Waals surface area contributed by atoms with Gasteiger partial charge in [-0.2, -0.15) is 13.2 Å². The van der Waals surface area contributed by atoms with E-state index >= 15 is 0 Å². The zero-order valence-electron chi connectivity index (χ0n) is 23.0. The predicted octanol–water partition coefficient (Wildman–Crippen LogP) is 6.74. The van der Waals surface area contributed by atoms with Gasteiger partial charge in [-0.25, -0.2) is 9.37 Å². The smallest absolute Gasteiger partial charge is 0.389 e. The summed E-state index contributed by atoms with van der Waals surface area (Å²) in [6, 6.07) is 8.85. The van der Waals surface area contributed by atoms with Gasteiger partial charge in [-0.15, -0.1) is 0 Å². The van der Waals surface area contributed by atoms with Gasteiger partial charge >= 0.3 is 6.18 Å². The van der Waals surface area contributed by atoms with Crippen molar-refractivity contribution < 1.29 is 27.4 Å². The van der Waals surface area contributed by atoms with Gasteiger partial charge in [0.15, 0.2) is 0 Å². The number of aromatic nitrogens is 1. The minimum Gasteiger partial charge on any atom is -0.477 e. The molecular formula is C30H43F4N3O2. The zero-order chi connectivity index (χ0) is 28.1. The lowest BCUT2D eigenvalue weighted by molar-refractivity contribution is -0.135. The minimum atomic E-state index is -4.05. The highest BCUT2D eigenvalue weighted by Gasteiger charge is 2.25. The Morgan fingerprint density at radius 1 is 1.10 bits per heavy atom. The van der Waals surface area contributed by atoms with Crippen molar-refractivity contribution in [3.63, 3.8) is 0 Å². The molecule has 0 radical (unpaired) electrons. The second-order valence-corrected chi connectivity index (χ2v) is 10.7. The van der Waals surface area contributed by atoms with E-state index in [9.17, 15) is 22.7 Å². The molecule has 1 aliphatic rings. The Bertz CT molecular complexity index is 972. The average Bonchev–Trinajstić information content (AvgIpc) is 3.30. The van der Waals surface area contributed by atoms with Crippen molar-refractivity contribution in [2.24, 2.45) is 5.92 Å². The summed E-state index contributed by atoms with van der Waals surface area (Å²) in [6.07, 6.45) is 2.92. The summed E-state index contributed by atoms with van der Waals surface area (Å²) in [5.41, 5.74) is 2.07. The summed E-state index contributed by atoms with van der Waals surface area (Å²) < 4.78 is 57.3. The minimum absolute atomic E-state index is 0.209. The van der Waals surface area contributed by atoms with E-state index < -0.39 is 12.6 Å². The Hall–Kier alpha value is -2.23. The molecule has 218 valence electrons. The van der Waals surface area contributed by atoms with Gasteiger partial charge in [-0.1, -0.05) is 38.3 Å². The van der Waals surface area contributed by atoms with Crippen LogP contribution in [-0.4, -0.2) is 60.1 Å². The van der Waals surface area contributed by atoms with Crippen LogP contribution >= 0.6 is 0 Å². The Balaban J connectivity index is 1.37. The molecule has 9 heteroatoms. The molecule has 2 N–H and O–H groups in total.